The topological polar surface area (TPSA) is 45.0 Å². The maximum absolute atomic E-state index is 8.92. The maximum Gasteiger partial charge on any atom is 0.123 e. The molecule has 0 heterocycles. The van der Waals surface area contributed by atoms with E-state index in [1.165, 1.54) is 19.3 Å². The van der Waals surface area contributed by atoms with Crippen LogP contribution in [0.25, 0.3) is 0 Å². The van der Waals surface area contributed by atoms with Crippen molar-refractivity contribution in [3.8, 4) is 11.8 Å². The summed E-state index contributed by atoms with van der Waals surface area (Å²) in [4.78, 5) is 0. The third-order valence-corrected chi connectivity index (χ3v) is 3.84. The number of rotatable bonds is 5. The van der Waals surface area contributed by atoms with E-state index in [0.29, 0.717) is 11.0 Å². The molecule has 1 fully saturated rings. The van der Waals surface area contributed by atoms with Gasteiger partial charge in [0, 0.05) is 18.7 Å². The average Bonchev–Trinajstić information content (AvgIpc) is 2.36. The molecule has 3 nitrogen and oxygen atoms in total. The second-order valence-corrected chi connectivity index (χ2v) is 5.41. The van der Waals surface area contributed by atoms with Gasteiger partial charge in [-0.15, -0.1) is 0 Å². The van der Waals surface area contributed by atoms with Crippen LogP contribution in [0.3, 0.4) is 0 Å². The molecule has 96 valence electrons. The van der Waals surface area contributed by atoms with Crippen LogP contribution in [0.5, 0.6) is 5.75 Å². The lowest BCUT2D eigenvalue weighted by atomic mass is 9.70. The standard InChI is InChI=1S/C15H20N2O/c1-15(6-3-7-15)11-17-10-13-8-12(9-16)4-5-14(13)18-2/h4-5,8,17H,3,6-7,10-11H2,1-2H3. The lowest BCUT2D eigenvalue weighted by Crippen LogP contribution is -2.37. The summed E-state index contributed by atoms with van der Waals surface area (Å²) in [6.45, 7) is 4.12. The van der Waals surface area contributed by atoms with E-state index in [9.17, 15) is 0 Å². The van der Waals surface area contributed by atoms with Crippen molar-refractivity contribution in [2.75, 3.05) is 13.7 Å². The zero-order valence-electron chi connectivity index (χ0n) is 11.1. The number of hydrogen-bond acceptors (Lipinski definition) is 3. The van der Waals surface area contributed by atoms with Gasteiger partial charge in [-0.1, -0.05) is 13.3 Å². The zero-order chi connectivity index (χ0) is 13.0. The molecule has 2 rings (SSSR count). The Kier molecular flexibility index (Phi) is 3.88. The highest BCUT2D eigenvalue weighted by Crippen LogP contribution is 2.39. The van der Waals surface area contributed by atoms with E-state index >= 15 is 0 Å². The third kappa shape index (κ3) is 2.83. The minimum absolute atomic E-state index is 0.472. The molecule has 1 aromatic rings. The fourth-order valence-electron chi connectivity index (χ4n) is 2.44. The van der Waals surface area contributed by atoms with Crippen LogP contribution < -0.4 is 10.1 Å². The highest BCUT2D eigenvalue weighted by atomic mass is 16.5. The first-order valence-corrected chi connectivity index (χ1v) is 6.45. The summed E-state index contributed by atoms with van der Waals surface area (Å²) in [6.07, 6.45) is 3.98. The normalized spacial score (nSPS) is 16.7. The van der Waals surface area contributed by atoms with Gasteiger partial charge in [0.15, 0.2) is 0 Å². The molecular formula is C15H20N2O. The van der Waals surface area contributed by atoms with Crippen LogP contribution in [0.4, 0.5) is 0 Å². The van der Waals surface area contributed by atoms with Crippen molar-refractivity contribution in [1.82, 2.24) is 5.32 Å². The van der Waals surface area contributed by atoms with Crippen LogP contribution in [0.1, 0.15) is 37.3 Å². The first-order valence-electron chi connectivity index (χ1n) is 6.45. The Balaban J connectivity index is 1.97. The van der Waals surface area contributed by atoms with E-state index in [-0.39, 0.29) is 0 Å². The van der Waals surface area contributed by atoms with E-state index in [4.69, 9.17) is 10.00 Å². The third-order valence-electron chi connectivity index (χ3n) is 3.84. The second-order valence-electron chi connectivity index (χ2n) is 5.41. The maximum atomic E-state index is 8.92. The molecule has 0 radical (unpaired) electrons. The number of nitriles is 1. The molecule has 1 aromatic carbocycles. The summed E-state index contributed by atoms with van der Waals surface area (Å²) < 4.78 is 5.32. The first kappa shape index (κ1) is 12.9. The minimum atomic E-state index is 0.472. The lowest BCUT2D eigenvalue weighted by Gasteiger charge is -2.38. The predicted octanol–water partition coefficient (Wildman–Crippen LogP) is 2.85. The van der Waals surface area contributed by atoms with Crippen molar-refractivity contribution in [2.24, 2.45) is 5.41 Å². The molecule has 0 aromatic heterocycles. The second kappa shape index (κ2) is 5.41. The Morgan fingerprint density at radius 3 is 2.78 bits per heavy atom. The van der Waals surface area contributed by atoms with E-state index in [1.54, 1.807) is 13.2 Å². The van der Waals surface area contributed by atoms with Gasteiger partial charge in [-0.2, -0.15) is 5.26 Å². The highest BCUT2D eigenvalue weighted by Gasteiger charge is 2.30. The average molecular weight is 244 g/mol. The fraction of sp³-hybridized carbons (Fsp3) is 0.533. The first-order chi connectivity index (χ1) is 8.67. The Morgan fingerprint density at radius 2 is 2.22 bits per heavy atom. The summed E-state index contributed by atoms with van der Waals surface area (Å²) in [5, 5.41) is 12.4. The van der Waals surface area contributed by atoms with Crippen molar-refractivity contribution < 1.29 is 4.74 Å². The smallest absolute Gasteiger partial charge is 0.123 e. The van der Waals surface area contributed by atoms with Gasteiger partial charge >= 0.3 is 0 Å². The number of nitrogens with zero attached hydrogens (tertiary/aromatic N) is 1. The van der Waals surface area contributed by atoms with Crippen molar-refractivity contribution in [3.63, 3.8) is 0 Å². The summed E-state index contributed by atoms with van der Waals surface area (Å²) in [5.41, 5.74) is 2.21. The Hall–Kier alpha value is -1.53. The minimum Gasteiger partial charge on any atom is -0.496 e. The molecule has 0 amide bonds. The van der Waals surface area contributed by atoms with Crippen LogP contribution in [0, 0.1) is 16.7 Å². The van der Waals surface area contributed by atoms with Crippen LogP contribution in [0.15, 0.2) is 18.2 Å². The van der Waals surface area contributed by atoms with Gasteiger partial charge in [0.25, 0.3) is 0 Å². The molecule has 1 saturated carbocycles. The Morgan fingerprint density at radius 1 is 1.44 bits per heavy atom. The molecule has 18 heavy (non-hydrogen) atoms. The summed E-state index contributed by atoms with van der Waals surface area (Å²) in [7, 11) is 1.66. The van der Waals surface area contributed by atoms with Crippen molar-refractivity contribution in [3.05, 3.63) is 29.3 Å². The molecule has 0 aliphatic heterocycles. The van der Waals surface area contributed by atoms with Crippen molar-refractivity contribution in [1.29, 1.82) is 5.26 Å². The van der Waals surface area contributed by atoms with Crippen LogP contribution in [-0.2, 0) is 6.54 Å². The van der Waals surface area contributed by atoms with Gasteiger partial charge < -0.3 is 10.1 Å². The molecular weight excluding hydrogens is 224 g/mol. The summed E-state index contributed by atoms with van der Waals surface area (Å²) in [6, 6.07) is 7.71. The highest BCUT2D eigenvalue weighted by molar-refractivity contribution is 5.41. The molecule has 1 aliphatic rings. The van der Waals surface area contributed by atoms with Gasteiger partial charge in [0.1, 0.15) is 5.75 Å². The molecule has 0 atom stereocenters. The van der Waals surface area contributed by atoms with Crippen LogP contribution in [0.2, 0.25) is 0 Å². The van der Waals surface area contributed by atoms with Gasteiger partial charge in [-0.25, -0.2) is 0 Å². The summed E-state index contributed by atoms with van der Waals surface area (Å²) >= 11 is 0. The van der Waals surface area contributed by atoms with Gasteiger partial charge in [0.05, 0.1) is 18.7 Å². The van der Waals surface area contributed by atoms with Gasteiger partial charge in [-0.3, -0.25) is 0 Å². The fourth-order valence-corrected chi connectivity index (χ4v) is 2.44. The Bertz CT molecular complexity index is 458. The van der Waals surface area contributed by atoms with Gasteiger partial charge in [0.2, 0.25) is 0 Å². The largest absolute Gasteiger partial charge is 0.496 e. The Labute approximate surface area is 109 Å². The number of benzene rings is 1. The molecule has 1 aliphatic carbocycles. The number of nitrogens with one attached hydrogen (secondary N) is 1. The lowest BCUT2D eigenvalue weighted by molar-refractivity contribution is 0.156. The van der Waals surface area contributed by atoms with E-state index in [0.717, 1.165) is 24.4 Å². The van der Waals surface area contributed by atoms with Gasteiger partial charge in [-0.05, 0) is 36.5 Å². The molecule has 0 saturated heterocycles. The van der Waals surface area contributed by atoms with Crippen molar-refractivity contribution >= 4 is 0 Å². The van der Waals surface area contributed by atoms with E-state index in [2.05, 4.69) is 18.3 Å². The predicted molar refractivity (Wildman–Crippen MR) is 71.4 cm³/mol. The number of hydrogen-bond donors (Lipinski definition) is 1. The SMILES string of the molecule is COc1ccc(C#N)cc1CNCC1(C)CCC1. The van der Waals surface area contributed by atoms with Crippen LogP contribution in [-0.4, -0.2) is 13.7 Å². The summed E-state index contributed by atoms with van der Waals surface area (Å²) in [5.74, 6) is 0.847. The molecule has 1 N–H and O–H groups in total. The molecule has 3 heteroatoms. The van der Waals surface area contributed by atoms with Crippen molar-refractivity contribution in [2.45, 2.75) is 32.7 Å². The van der Waals surface area contributed by atoms with E-state index < -0.39 is 0 Å². The van der Waals surface area contributed by atoms with Crippen LogP contribution >= 0.6 is 0 Å². The number of methoxy groups -OCH3 is 1. The molecule has 0 bridgehead atoms. The molecule has 0 spiro atoms. The monoisotopic (exact) mass is 244 g/mol. The van der Waals surface area contributed by atoms with E-state index in [1.807, 2.05) is 12.1 Å². The molecule has 0 unspecified atom stereocenters. The number of ether oxygens (including phenoxy) is 1. The zero-order valence-corrected chi connectivity index (χ0v) is 11.1. The quantitative estimate of drug-likeness (QED) is 0.866.